The first kappa shape index (κ1) is 17.7. The van der Waals surface area contributed by atoms with E-state index in [1.807, 2.05) is 55.5 Å². The van der Waals surface area contributed by atoms with Crippen LogP contribution in [0.2, 0.25) is 0 Å². The standard InChI is InChI=1S/C23H24NO3/c1-2-26-18-8-10-19(11-9-18)27-23-12-13-24-15-21(23)17-7-6-16-4-3-5-22(25)20(16)14-17/h3-11,14,21,23-24H,2,12-13,15H2,1H3. The van der Waals surface area contributed by atoms with E-state index in [0.29, 0.717) is 6.61 Å². The number of benzene rings is 3. The zero-order valence-electron chi connectivity index (χ0n) is 15.5. The van der Waals surface area contributed by atoms with Crippen LogP contribution in [0.5, 0.6) is 17.2 Å². The van der Waals surface area contributed by atoms with Crippen molar-refractivity contribution in [2.75, 3.05) is 19.7 Å². The van der Waals surface area contributed by atoms with Gasteiger partial charge in [0, 0.05) is 17.8 Å². The van der Waals surface area contributed by atoms with Gasteiger partial charge in [0.25, 0.3) is 0 Å². The summed E-state index contributed by atoms with van der Waals surface area (Å²) in [5, 5.41) is 17.4. The lowest BCUT2D eigenvalue weighted by molar-refractivity contribution is 0.138. The molecule has 1 fully saturated rings. The number of hydrogen-bond donors (Lipinski definition) is 1. The Bertz CT molecular complexity index is 907. The number of hydrogen-bond acceptors (Lipinski definition) is 3. The number of ether oxygens (including phenoxy) is 2. The molecule has 0 spiro atoms. The molecule has 0 saturated carbocycles. The average Bonchev–Trinajstić information content (AvgIpc) is 2.70. The summed E-state index contributed by atoms with van der Waals surface area (Å²) in [5.41, 5.74) is 1.15. The third-order valence-electron chi connectivity index (χ3n) is 5.14. The van der Waals surface area contributed by atoms with Crippen LogP contribution in [0.15, 0.2) is 60.7 Å². The van der Waals surface area contributed by atoms with Crippen molar-refractivity contribution in [2.45, 2.75) is 25.4 Å². The number of nitrogens with one attached hydrogen (secondary N) is 1. The normalized spacial score (nSPS) is 19.7. The number of fused-ring (bicyclic) bond motifs is 1. The van der Waals surface area contributed by atoms with E-state index in [2.05, 4.69) is 11.4 Å². The molecule has 1 radical (unpaired) electrons. The van der Waals surface area contributed by atoms with E-state index in [4.69, 9.17) is 9.47 Å². The first-order valence-electron chi connectivity index (χ1n) is 9.54. The van der Waals surface area contributed by atoms with Gasteiger partial charge in [-0.05, 0) is 67.2 Å². The molecule has 0 amide bonds. The van der Waals surface area contributed by atoms with Crippen molar-refractivity contribution in [1.82, 2.24) is 5.32 Å². The fourth-order valence-electron chi connectivity index (χ4n) is 3.76. The Morgan fingerprint density at radius 1 is 1.04 bits per heavy atom. The lowest BCUT2D eigenvalue weighted by Crippen LogP contribution is -2.41. The van der Waals surface area contributed by atoms with E-state index in [1.165, 1.54) is 0 Å². The summed E-state index contributed by atoms with van der Waals surface area (Å²) in [7, 11) is 0. The Kier molecular flexibility index (Phi) is 5.16. The fraction of sp³-hybridized carbons (Fsp3) is 0.304. The van der Waals surface area contributed by atoms with Gasteiger partial charge in [-0.25, -0.2) is 0 Å². The Morgan fingerprint density at radius 2 is 1.85 bits per heavy atom. The van der Waals surface area contributed by atoms with Gasteiger partial charge in [0.1, 0.15) is 17.6 Å². The minimum atomic E-state index is 0.0699. The van der Waals surface area contributed by atoms with Gasteiger partial charge in [0.05, 0.1) is 6.61 Å². The molecule has 4 nitrogen and oxygen atoms in total. The predicted molar refractivity (Wildman–Crippen MR) is 106 cm³/mol. The first-order chi connectivity index (χ1) is 13.2. The Labute approximate surface area is 159 Å². The zero-order valence-corrected chi connectivity index (χ0v) is 15.5. The second-order valence-electron chi connectivity index (χ2n) is 6.90. The van der Waals surface area contributed by atoms with Crippen molar-refractivity contribution in [3.8, 4) is 17.2 Å². The lowest BCUT2D eigenvalue weighted by Gasteiger charge is -2.33. The summed E-state index contributed by atoms with van der Waals surface area (Å²) < 4.78 is 11.8. The molecule has 2 atom stereocenters. The molecule has 1 aliphatic rings. The molecule has 27 heavy (non-hydrogen) atoms. The third-order valence-corrected chi connectivity index (χ3v) is 5.14. The van der Waals surface area contributed by atoms with E-state index in [9.17, 15) is 5.11 Å². The van der Waals surface area contributed by atoms with Crippen molar-refractivity contribution in [1.29, 1.82) is 0 Å². The summed E-state index contributed by atoms with van der Waals surface area (Å²) in [4.78, 5) is 0. The molecule has 1 N–H and O–H groups in total. The average molecular weight is 362 g/mol. The van der Waals surface area contributed by atoms with Gasteiger partial charge >= 0.3 is 0 Å². The van der Waals surface area contributed by atoms with Gasteiger partial charge in [-0.1, -0.05) is 24.3 Å². The van der Waals surface area contributed by atoms with Gasteiger partial charge in [0.2, 0.25) is 0 Å². The Hall–Kier alpha value is -2.72. The van der Waals surface area contributed by atoms with Crippen LogP contribution >= 0.6 is 0 Å². The van der Waals surface area contributed by atoms with Crippen LogP contribution in [0, 0.1) is 0 Å². The lowest BCUT2D eigenvalue weighted by atomic mass is 9.87. The highest BCUT2D eigenvalue weighted by Gasteiger charge is 2.28. The molecule has 1 aliphatic heterocycles. The molecular formula is C23H24NO3. The highest BCUT2D eigenvalue weighted by Crippen LogP contribution is 2.33. The fourth-order valence-corrected chi connectivity index (χ4v) is 3.76. The highest BCUT2D eigenvalue weighted by atomic mass is 16.5. The van der Waals surface area contributed by atoms with Gasteiger partial charge in [-0.15, -0.1) is 0 Å². The molecule has 3 aromatic carbocycles. The van der Waals surface area contributed by atoms with E-state index in [1.54, 1.807) is 6.07 Å². The predicted octanol–water partition coefficient (Wildman–Crippen LogP) is 4.91. The maximum absolute atomic E-state index is 12.2. The minimum Gasteiger partial charge on any atom is -0.494 e. The summed E-state index contributed by atoms with van der Waals surface area (Å²) in [6.45, 7) is 4.40. The second kappa shape index (κ2) is 7.89. The summed E-state index contributed by atoms with van der Waals surface area (Å²) in [6, 6.07) is 19.4. The molecule has 139 valence electrons. The van der Waals surface area contributed by atoms with Crippen LogP contribution in [0.25, 0.3) is 10.8 Å². The topological polar surface area (TPSA) is 50.4 Å². The van der Waals surface area contributed by atoms with Crippen LogP contribution in [0.1, 0.15) is 24.8 Å². The quantitative estimate of drug-likeness (QED) is 0.702. The molecule has 0 aromatic heterocycles. The SMILES string of the molecule is CCOc1ccc(OC2CCNCC2c2ccc3cccc([O])c3c2)cc1. The smallest absolute Gasteiger partial charge is 0.186 e. The van der Waals surface area contributed by atoms with Crippen molar-refractivity contribution in [3.05, 3.63) is 66.2 Å². The van der Waals surface area contributed by atoms with Crippen molar-refractivity contribution in [2.24, 2.45) is 0 Å². The minimum absolute atomic E-state index is 0.0699. The molecule has 1 saturated heterocycles. The van der Waals surface area contributed by atoms with Crippen LogP contribution in [-0.2, 0) is 5.11 Å². The van der Waals surface area contributed by atoms with Crippen molar-refractivity contribution < 1.29 is 14.6 Å². The van der Waals surface area contributed by atoms with Crippen LogP contribution in [0.4, 0.5) is 0 Å². The monoisotopic (exact) mass is 362 g/mol. The maximum Gasteiger partial charge on any atom is 0.186 e. The largest absolute Gasteiger partial charge is 0.494 e. The summed E-state index contributed by atoms with van der Waals surface area (Å²) >= 11 is 0. The molecule has 3 aromatic rings. The molecule has 4 heteroatoms. The zero-order chi connectivity index (χ0) is 18.6. The highest BCUT2D eigenvalue weighted by molar-refractivity contribution is 5.88. The van der Waals surface area contributed by atoms with Gasteiger partial charge in [-0.3, -0.25) is 5.11 Å². The molecule has 0 aliphatic carbocycles. The van der Waals surface area contributed by atoms with E-state index >= 15 is 0 Å². The van der Waals surface area contributed by atoms with Gasteiger partial charge < -0.3 is 14.8 Å². The molecule has 2 unspecified atom stereocenters. The second-order valence-corrected chi connectivity index (χ2v) is 6.90. The van der Waals surface area contributed by atoms with Gasteiger partial charge in [0.15, 0.2) is 5.75 Å². The van der Waals surface area contributed by atoms with E-state index in [-0.39, 0.29) is 17.8 Å². The van der Waals surface area contributed by atoms with Crippen molar-refractivity contribution >= 4 is 10.8 Å². The van der Waals surface area contributed by atoms with Crippen LogP contribution < -0.4 is 14.8 Å². The molecule has 4 rings (SSSR count). The Balaban J connectivity index is 1.58. The van der Waals surface area contributed by atoms with E-state index < -0.39 is 0 Å². The maximum atomic E-state index is 12.2. The number of rotatable bonds is 5. The third kappa shape index (κ3) is 3.86. The summed E-state index contributed by atoms with van der Waals surface area (Å²) in [5.74, 6) is 1.97. The van der Waals surface area contributed by atoms with E-state index in [0.717, 1.165) is 47.3 Å². The summed E-state index contributed by atoms with van der Waals surface area (Å²) in [6.07, 6.45) is 0.995. The molecule has 1 heterocycles. The molecule has 0 bridgehead atoms. The van der Waals surface area contributed by atoms with Gasteiger partial charge in [-0.2, -0.15) is 0 Å². The van der Waals surface area contributed by atoms with Crippen molar-refractivity contribution in [3.63, 3.8) is 0 Å². The van der Waals surface area contributed by atoms with Crippen LogP contribution in [0.3, 0.4) is 0 Å². The number of piperidine rings is 1. The first-order valence-corrected chi connectivity index (χ1v) is 9.54. The Morgan fingerprint density at radius 3 is 2.67 bits per heavy atom. The van der Waals surface area contributed by atoms with Crippen LogP contribution in [-0.4, -0.2) is 25.8 Å². The molecular weight excluding hydrogens is 338 g/mol.